The number of unbranched alkanes of at least 4 members (excludes halogenated alkanes) is 1. The molecule has 1 N–H and O–H groups in total. The molecule has 0 unspecified atom stereocenters. The van der Waals surface area contributed by atoms with Crippen molar-refractivity contribution in [3.63, 3.8) is 0 Å². The van der Waals surface area contributed by atoms with Gasteiger partial charge in [0.2, 0.25) is 0 Å². The molecule has 4 aliphatic rings. The van der Waals surface area contributed by atoms with Gasteiger partial charge in [-0.25, -0.2) is 0 Å². The topological polar surface area (TPSA) is 37.3 Å². The predicted octanol–water partition coefficient (Wildman–Crippen LogP) is 3.94. The zero-order valence-electron chi connectivity index (χ0n) is 13.2. The van der Waals surface area contributed by atoms with Crippen LogP contribution in [0.25, 0.3) is 0 Å². The molecule has 21 heavy (non-hydrogen) atoms. The van der Waals surface area contributed by atoms with Gasteiger partial charge in [-0.1, -0.05) is 25.3 Å². The van der Waals surface area contributed by atoms with E-state index in [1.54, 1.807) is 0 Å². The van der Waals surface area contributed by atoms with Crippen molar-refractivity contribution in [2.24, 2.45) is 17.8 Å². The molecule has 2 nitrogen and oxygen atoms in total. The highest BCUT2D eigenvalue weighted by atomic mass is 16.3. The maximum Gasteiger partial charge on any atom is 0.159 e. The van der Waals surface area contributed by atoms with Crippen LogP contribution < -0.4 is 0 Å². The van der Waals surface area contributed by atoms with Gasteiger partial charge in [-0.05, 0) is 73.5 Å². The van der Waals surface area contributed by atoms with Crippen LogP contribution in [0.3, 0.4) is 0 Å². The standard InChI is InChI=1S/C19H26O2/c1-3-4-6-14-13-7-5-8-15(13)19(21)10-12-9-16(20)11(2)17(12)18(14)19/h12-13,15,21H,3-10H2,1-2H3/t12-,13-,15-,19-/m0/s1. The number of fused-ring (bicyclic) bond motifs is 5. The van der Waals surface area contributed by atoms with Crippen LogP contribution in [0.15, 0.2) is 22.3 Å². The Hall–Kier alpha value is -0.890. The molecule has 114 valence electrons. The monoisotopic (exact) mass is 286 g/mol. The molecular weight excluding hydrogens is 260 g/mol. The van der Waals surface area contributed by atoms with Crippen molar-refractivity contribution in [2.75, 3.05) is 0 Å². The zero-order chi connectivity index (χ0) is 14.8. The van der Waals surface area contributed by atoms with Crippen molar-refractivity contribution in [3.05, 3.63) is 22.3 Å². The molecule has 2 saturated carbocycles. The van der Waals surface area contributed by atoms with Gasteiger partial charge in [0.15, 0.2) is 5.78 Å². The Morgan fingerprint density at radius 3 is 2.90 bits per heavy atom. The maximum absolute atomic E-state index is 12.1. The molecule has 0 saturated heterocycles. The van der Waals surface area contributed by atoms with Crippen molar-refractivity contribution >= 4 is 5.78 Å². The van der Waals surface area contributed by atoms with E-state index in [2.05, 4.69) is 6.92 Å². The Bertz CT molecular complexity index is 568. The third-order valence-electron chi connectivity index (χ3n) is 6.62. The van der Waals surface area contributed by atoms with Crippen molar-refractivity contribution in [3.8, 4) is 0 Å². The SMILES string of the molecule is CCCCC1=C2C3=C(C)C(=O)C[C@H]3C[C@]2(O)[C@H]2CCC[C@@H]12. The molecule has 0 amide bonds. The van der Waals surface area contributed by atoms with E-state index in [9.17, 15) is 9.90 Å². The van der Waals surface area contributed by atoms with Crippen LogP contribution >= 0.6 is 0 Å². The summed E-state index contributed by atoms with van der Waals surface area (Å²) in [6, 6.07) is 0. The number of rotatable bonds is 3. The molecule has 4 rings (SSSR count). The van der Waals surface area contributed by atoms with Gasteiger partial charge in [-0.15, -0.1) is 0 Å². The lowest BCUT2D eigenvalue weighted by Crippen LogP contribution is -2.34. The Labute approximate surface area is 127 Å². The maximum atomic E-state index is 12.1. The van der Waals surface area contributed by atoms with Crippen LogP contribution in [0.5, 0.6) is 0 Å². The van der Waals surface area contributed by atoms with Crippen molar-refractivity contribution < 1.29 is 9.90 Å². The zero-order valence-corrected chi connectivity index (χ0v) is 13.2. The second-order valence-electron chi connectivity index (χ2n) is 7.64. The van der Waals surface area contributed by atoms with Crippen molar-refractivity contribution in [2.45, 2.75) is 70.8 Å². The molecule has 0 aromatic rings. The average Bonchev–Trinajstić information content (AvgIpc) is 3.12. The van der Waals surface area contributed by atoms with Gasteiger partial charge in [0.1, 0.15) is 0 Å². The van der Waals surface area contributed by atoms with Gasteiger partial charge >= 0.3 is 0 Å². The Morgan fingerprint density at radius 2 is 2.14 bits per heavy atom. The average molecular weight is 286 g/mol. The fourth-order valence-electron chi connectivity index (χ4n) is 5.81. The summed E-state index contributed by atoms with van der Waals surface area (Å²) in [4.78, 5) is 12.1. The van der Waals surface area contributed by atoms with Crippen LogP contribution in [-0.2, 0) is 4.79 Å². The molecule has 2 heteroatoms. The summed E-state index contributed by atoms with van der Waals surface area (Å²) in [6.07, 6.45) is 8.70. The Morgan fingerprint density at radius 1 is 1.33 bits per heavy atom. The minimum absolute atomic E-state index is 0.315. The second-order valence-corrected chi connectivity index (χ2v) is 7.64. The number of hydrogen-bond acceptors (Lipinski definition) is 2. The number of aliphatic hydroxyl groups is 1. The number of carbonyl (C=O) groups is 1. The van der Waals surface area contributed by atoms with Crippen molar-refractivity contribution in [1.82, 2.24) is 0 Å². The summed E-state index contributed by atoms with van der Waals surface area (Å²) in [6.45, 7) is 4.22. The smallest absolute Gasteiger partial charge is 0.159 e. The lowest BCUT2D eigenvalue weighted by atomic mass is 9.82. The first-order chi connectivity index (χ1) is 10.1. The predicted molar refractivity (Wildman–Crippen MR) is 82.8 cm³/mol. The minimum Gasteiger partial charge on any atom is -0.385 e. The first kappa shape index (κ1) is 13.8. The fourth-order valence-corrected chi connectivity index (χ4v) is 5.81. The third kappa shape index (κ3) is 1.66. The molecule has 0 aromatic heterocycles. The summed E-state index contributed by atoms with van der Waals surface area (Å²) in [5, 5.41) is 11.5. The summed E-state index contributed by atoms with van der Waals surface area (Å²) in [5.41, 5.74) is 4.42. The number of allylic oxidation sites excluding steroid dienone is 2. The molecule has 0 aliphatic heterocycles. The van der Waals surface area contributed by atoms with E-state index in [1.807, 2.05) is 6.92 Å². The van der Waals surface area contributed by atoms with Crippen LogP contribution in [0, 0.1) is 17.8 Å². The quantitative estimate of drug-likeness (QED) is 0.853. The highest BCUT2D eigenvalue weighted by Crippen LogP contribution is 2.64. The molecule has 0 radical (unpaired) electrons. The molecule has 4 atom stereocenters. The molecule has 2 fully saturated rings. The van der Waals surface area contributed by atoms with Gasteiger partial charge < -0.3 is 5.11 Å². The summed E-state index contributed by atoms with van der Waals surface area (Å²) < 4.78 is 0. The second kappa shape index (κ2) is 4.55. The lowest BCUT2D eigenvalue weighted by molar-refractivity contribution is -0.115. The number of ketones is 1. The van der Waals surface area contributed by atoms with E-state index in [4.69, 9.17) is 0 Å². The molecule has 4 aliphatic carbocycles. The lowest BCUT2D eigenvalue weighted by Gasteiger charge is -2.29. The minimum atomic E-state index is -0.591. The fraction of sp³-hybridized carbons (Fsp3) is 0.737. The molecule has 0 bridgehead atoms. The first-order valence-corrected chi connectivity index (χ1v) is 8.78. The highest BCUT2D eigenvalue weighted by molar-refractivity contribution is 6.00. The normalized spacial score (nSPS) is 41.1. The summed E-state index contributed by atoms with van der Waals surface area (Å²) in [5.74, 6) is 1.68. The number of Topliss-reactive ketones (excluding diaryl/α,β-unsaturated/α-hetero) is 1. The van der Waals surface area contributed by atoms with Crippen LogP contribution in [0.4, 0.5) is 0 Å². The van der Waals surface area contributed by atoms with Crippen LogP contribution in [0.2, 0.25) is 0 Å². The number of carbonyl (C=O) groups excluding carboxylic acids is 1. The largest absolute Gasteiger partial charge is 0.385 e. The Kier molecular flexibility index (Phi) is 2.98. The third-order valence-corrected chi connectivity index (χ3v) is 6.62. The van der Waals surface area contributed by atoms with E-state index >= 15 is 0 Å². The van der Waals surface area contributed by atoms with Gasteiger partial charge in [0.05, 0.1) is 5.60 Å². The van der Waals surface area contributed by atoms with E-state index < -0.39 is 5.60 Å². The Balaban J connectivity index is 1.86. The van der Waals surface area contributed by atoms with E-state index in [0.29, 0.717) is 30.0 Å². The molecule has 0 aromatic carbocycles. The van der Waals surface area contributed by atoms with Crippen molar-refractivity contribution in [1.29, 1.82) is 0 Å². The summed E-state index contributed by atoms with van der Waals surface area (Å²) >= 11 is 0. The van der Waals surface area contributed by atoms with Gasteiger partial charge in [0, 0.05) is 6.42 Å². The van der Waals surface area contributed by atoms with E-state index in [-0.39, 0.29) is 0 Å². The van der Waals surface area contributed by atoms with E-state index in [1.165, 1.54) is 48.8 Å². The van der Waals surface area contributed by atoms with Gasteiger partial charge in [-0.2, -0.15) is 0 Å². The molecular formula is C19H26O2. The summed E-state index contributed by atoms with van der Waals surface area (Å²) in [7, 11) is 0. The van der Waals surface area contributed by atoms with E-state index in [0.717, 1.165) is 18.4 Å². The highest BCUT2D eigenvalue weighted by Gasteiger charge is 2.61. The van der Waals surface area contributed by atoms with Crippen LogP contribution in [-0.4, -0.2) is 16.5 Å². The van der Waals surface area contributed by atoms with Crippen LogP contribution in [0.1, 0.15) is 65.2 Å². The van der Waals surface area contributed by atoms with Gasteiger partial charge in [-0.3, -0.25) is 4.79 Å². The molecule has 0 spiro atoms. The van der Waals surface area contributed by atoms with Gasteiger partial charge in [0.25, 0.3) is 0 Å². The number of hydrogen-bond donors (Lipinski definition) is 1. The first-order valence-electron chi connectivity index (χ1n) is 8.78. The molecule has 0 heterocycles.